The Labute approximate surface area is 106 Å². The summed E-state index contributed by atoms with van der Waals surface area (Å²) in [4.78, 5) is 11.9. The topological polar surface area (TPSA) is 55.1 Å². The first-order chi connectivity index (χ1) is 7.95. The molecular formula is C14H28N2O. The van der Waals surface area contributed by atoms with Crippen LogP contribution in [0.25, 0.3) is 0 Å². The van der Waals surface area contributed by atoms with Crippen molar-refractivity contribution >= 4 is 5.91 Å². The Balaban J connectivity index is 2.30. The number of hydrogen-bond acceptors (Lipinski definition) is 2. The highest BCUT2D eigenvalue weighted by Gasteiger charge is 2.26. The lowest BCUT2D eigenvalue weighted by molar-refractivity contribution is -0.123. The molecule has 3 heteroatoms. The second kappa shape index (κ2) is 6.39. The van der Waals surface area contributed by atoms with Crippen molar-refractivity contribution in [1.29, 1.82) is 0 Å². The fourth-order valence-corrected chi connectivity index (χ4v) is 2.60. The van der Waals surface area contributed by atoms with Gasteiger partial charge in [-0.1, -0.05) is 33.1 Å². The van der Waals surface area contributed by atoms with Crippen LogP contribution >= 0.6 is 0 Å². The highest BCUT2D eigenvalue weighted by atomic mass is 16.1. The van der Waals surface area contributed by atoms with Gasteiger partial charge in [-0.05, 0) is 31.6 Å². The van der Waals surface area contributed by atoms with Crippen LogP contribution < -0.4 is 11.1 Å². The summed E-state index contributed by atoms with van der Waals surface area (Å²) in [6, 6.07) is 0. The lowest BCUT2D eigenvalue weighted by Gasteiger charge is -2.32. The third-order valence-corrected chi connectivity index (χ3v) is 3.75. The molecule has 1 fully saturated rings. The molecule has 1 aliphatic rings. The van der Waals surface area contributed by atoms with E-state index in [1.54, 1.807) is 0 Å². The Hall–Kier alpha value is -0.570. The SMILES string of the molecule is CC(C)CC(C)(CN)NC(=O)CCC1CCC1. The molecule has 3 N–H and O–H groups in total. The quantitative estimate of drug-likeness (QED) is 0.718. The third-order valence-electron chi connectivity index (χ3n) is 3.75. The van der Waals surface area contributed by atoms with E-state index in [1.807, 2.05) is 6.92 Å². The molecular weight excluding hydrogens is 212 g/mol. The lowest BCUT2D eigenvalue weighted by atomic mass is 9.82. The van der Waals surface area contributed by atoms with Gasteiger partial charge in [-0.25, -0.2) is 0 Å². The van der Waals surface area contributed by atoms with E-state index in [-0.39, 0.29) is 11.4 Å². The Bertz CT molecular complexity index is 249. The molecule has 3 nitrogen and oxygen atoms in total. The van der Waals surface area contributed by atoms with Crippen molar-refractivity contribution in [2.75, 3.05) is 6.54 Å². The Morgan fingerprint density at radius 2 is 2.12 bits per heavy atom. The van der Waals surface area contributed by atoms with Crippen LogP contribution in [0.3, 0.4) is 0 Å². The molecule has 1 rings (SSSR count). The Morgan fingerprint density at radius 3 is 2.53 bits per heavy atom. The summed E-state index contributed by atoms with van der Waals surface area (Å²) in [6.45, 7) is 6.89. The van der Waals surface area contributed by atoms with Gasteiger partial charge < -0.3 is 11.1 Å². The number of carbonyl (C=O) groups is 1. The first kappa shape index (κ1) is 14.5. The second-order valence-corrected chi connectivity index (χ2v) is 6.25. The van der Waals surface area contributed by atoms with Crippen LogP contribution in [0.4, 0.5) is 0 Å². The summed E-state index contributed by atoms with van der Waals surface area (Å²) < 4.78 is 0. The largest absolute Gasteiger partial charge is 0.350 e. The van der Waals surface area contributed by atoms with Crippen molar-refractivity contribution in [2.45, 2.75) is 64.8 Å². The van der Waals surface area contributed by atoms with E-state index in [0.29, 0.717) is 18.9 Å². The molecule has 1 aliphatic carbocycles. The van der Waals surface area contributed by atoms with Crippen molar-refractivity contribution in [1.82, 2.24) is 5.32 Å². The fourth-order valence-electron chi connectivity index (χ4n) is 2.60. The first-order valence-corrected chi connectivity index (χ1v) is 6.96. The molecule has 0 aliphatic heterocycles. The minimum absolute atomic E-state index is 0.172. The number of nitrogens with one attached hydrogen (secondary N) is 1. The van der Waals surface area contributed by atoms with E-state index in [9.17, 15) is 4.79 Å². The standard InChI is InChI=1S/C14H28N2O/c1-11(2)9-14(3,10-15)16-13(17)8-7-12-5-4-6-12/h11-12H,4-10,15H2,1-3H3,(H,16,17). The van der Waals surface area contributed by atoms with Crippen LogP contribution in [0.2, 0.25) is 0 Å². The molecule has 0 aromatic rings. The summed E-state index contributed by atoms with van der Waals surface area (Å²) in [5, 5.41) is 3.11. The van der Waals surface area contributed by atoms with Crippen molar-refractivity contribution in [3.8, 4) is 0 Å². The summed E-state index contributed by atoms with van der Waals surface area (Å²) >= 11 is 0. The van der Waals surface area contributed by atoms with Crippen LogP contribution in [-0.4, -0.2) is 18.0 Å². The summed E-state index contributed by atoms with van der Waals surface area (Å²) in [7, 11) is 0. The molecule has 1 atom stereocenters. The van der Waals surface area contributed by atoms with E-state index in [4.69, 9.17) is 5.73 Å². The Morgan fingerprint density at radius 1 is 1.47 bits per heavy atom. The number of rotatable bonds is 7. The molecule has 100 valence electrons. The molecule has 17 heavy (non-hydrogen) atoms. The maximum atomic E-state index is 11.9. The average Bonchev–Trinajstić information content (AvgIpc) is 2.13. The molecule has 1 amide bonds. The van der Waals surface area contributed by atoms with E-state index >= 15 is 0 Å². The first-order valence-electron chi connectivity index (χ1n) is 6.96. The van der Waals surface area contributed by atoms with Gasteiger partial charge in [-0.3, -0.25) is 4.79 Å². The highest BCUT2D eigenvalue weighted by molar-refractivity contribution is 5.76. The highest BCUT2D eigenvalue weighted by Crippen LogP contribution is 2.30. The van der Waals surface area contributed by atoms with E-state index in [0.717, 1.165) is 18.8 Å². The van der Waals surface area contributed by atoms with E-state index in [2.05, 4.69) is 19.2 Å². The van der Waals surface area contributed by atoms with Crippen molar-refractivity contribution < 1.29 is 4.79 Å². The van der Waals surface area contributed by atoms with Gasteiger partial charge in [0, 0.05) is 18.5 Å². The lowest BCUT2D eigenvalue weighted by Crippen LogP contribution is -2.52. The molecule has 0 radical (unpaired) electrons. The molecule has 0 saturated heterocycles. The number of amides is 1. The van der Waals surface area contributed by atoms with Crippen molar-refractivity contribution in [2.24, 2.45) is 17.6 Å². The van der Waals surface area contributed by atoms with Gasteiger partial charge in [0.15, 0.2) is 0 Å². The number of carbonyl (C=O) groups excluding carboxylic acids is 1. The maximum Gasteiger partial charge on any atom is 0.220 e. The minimum atomic E-state index is -0.231. The van der Waals surface area contributed by atoms with Crippen molar-refractivity contribution in [3.05, 3.63) is 0 Å². The van der Waals surface area contributed by atoms with Crippen LogP contribution in [0.15, 0.2) is 0 Å². The monoisotopic (exact) mass is 240 g/mol. The second-order valence-electron chi connectivity index (χ2n) is 6.25. The molecule has 0 bridgehead atoms. The molecule has 0 aromatic heterocycles. The predicted molar refractivity (Wildman–Crippen MR) is 71.6 cm³/mol. The normalized spacial score (nSPS) is 19.8. The zero-order chi connectivity index (χ0) is 12.9. The summed E-state index contributed by atoms with van der Waals surface area (Å²) in [5.74, 6) is 1.52. The van der Waals surface area contributed by atoms with E-state index in [1.165, 1.54) is 19.3 Å². The van der Waals surface area contributed by atoms with Crippen LogP contribution in [0.1, 0.15) is 59.3 Å². The smallest absolute Gasteiger partial charge is 0.220 e. The molecule has 0 aromatic carbocycles. The van der Waals surface area contributed by atoms with Crippen LogP contribution in [0, 0.1) is 11.8 Å². The van der Waals surface area contributed by atoms with Gasteiger partial charge >= 0.3 is 0 Å². The van der Waals surface area contributed by atoms with Gasteiger partial charge in [-0.2, -0.15) is 0 Å². The zero-order valence-corrected chi connectivity index (χ0v) is 11.6. The van der Waals surface area contributed by atoms with Gasteiger partial charge in [-0.15, -0.1) is 0 Å². The number of nitrogens with two attached hydrogens (primary N) is 1. The summed E-state index contributed by atoms with van der Waals surface area (Å²) in [6.07, 6.45) is 6.63. The van der Waals surface area contributed by atoms with Crippen LogP contribution in [0.5, 0.6) is 0 Å². The van der Waals surface area contributed by atoms with Gasteiger partial charge in [0.25, 0.3) is 0 Å². The number of hydrogen-bond donors (Lipinski definition) is 2. The Kier molecular flexibility index (Phi) is 5.44. The minimum Gasteiger partial charge on any atom is -0.350 e. The maximum absolute atomic E-state index is 11.9. The van der Waals surface area contributed by atoms with E-state index < -0.39 is 0 Å². The fraction of sp³-hybridized carbons (Fsp3) is 0.929. The molecule has 0 heterocycles. The summed E-state index contributed by atoms with van der Waals surface area (Å²) in [5.41, 5.74) is 5.55. The van der Waals surface area contributed by atoms with Gasteiger partial charge in [0.1, 0.15) is 0 Å². The molecule has 0 spiro atoms. The average molecular weight is 240 g/mol. The zero-order valence-electron chi connectivity index (χ0n) is 11.6. The van der Waals surface area contributed by atoms with Gasteiger partial charge in [0.05, 0.1) is 0 Å². The molecule has 1 unspecified atom stereocenters. The van der Waals surface area contributed by atoms with Crippen molar-refractivity contribution in [3.63, 3.8) is 0 Å². The third kappa shape index (κ3) is 5.07. The predicted octanol–water partition coefficient (Wildman–Crippen LogP) is 2.45. The molecule has 1 saturated carbocycles. The van der Waals surface area contributed by atoms with Gasteiger partial charge in [0.2, 0.25) is 5.91 Å². The van der Waals surface area contributed by atoms with Crippen LogP contribution in [-0.2, 0) is 4.79 Å².